The highest BCUT2D eigenvalue weighted by molar-refractivity contribution is 6.07. The highest BCUT2D eigenvalue weighted by atomic mass is 16.7. The van der Waals surface area contributed by atoms with Crippen LogP contribution in [-0.4, -0.2) is 32.3 Å². The Labute approximate surface area is 176 Å². The molecule has 0 unspecified atom stereocenters. The Morgan fingerprint density at radius 2 is 1.70 bits per heavy atom. The smallest absolute Gasteiger partial charge is 0.292 e. The molecule has 0 aliphatic carbocycles. The largest absolute Gasteiger partial charge is 0.494 e. The second kappa shape index (κ2) is 7.42. The Hall–Kier alpha value is -2.89. The first-order valence-corrected chi connectivity index (χ1v) is 10.4. The van der Waals surface area contributed by atoms with Gasteiger partial charge in [0.25, 0.3) is 11.7 Å². The molecular weight excluding hydrogens is 378 g/mol. The quantitative estimate of drug-likeness (QED) is 0.590. The van der Waals surface area contributed by atoms with Crippen LogP contribution in [0.4, 0.5) is 5.69 Å². The molecule has 3 aromatic carbocycles. The molecule has 0 aromatic heterocycles. The van der Waals surface area contributed by atoms with Gasteiger partial charge in [-0.25, -0.2) is 0 Å². The van der Waals surface area contributed by atoms with E-state index in [2.05, 4.69) is 18.2 Å². The minimum atomic E-state index is -1.27. The highest BCUT2D eigenvalue weighted by Crippen LogP contribution is 2.48. The molecule has 1 saturated heterocycles. The number of carbonyl (C=O) groups excluding carboxylic acids is 1. The molecule has 0 radical (unpaired) electrons. The van der Waals surface area contributed by atoms with Gasteiger partial charge >= 0.3 is 0 Å². The third kappa shape index (κ3) is 2.97. The number of amides is 1. The van der Waals surface area contributed by atoms with Crippen LogP contribution in [0.5, 0.6) is 5.75 Å². The van der Waals surface area contributed by atoms with Gasteiger partial charge in [-0.15, -0.1) is 0 Å². The molecule has 5 heteroatoms. The molecule has 0 atom stereocenters. The van der Waals surface area contributed by atoms with E-state index in [-0.39, 0.29) is 5.91 Å². The van der Waals surface area contributed by atoms with Crippen LogP contribution >= 0.6 is 0 Å². The number of hydrogen-bond donors (Lipinski definition) is 0. The molecule has 3 aromatic rings. The Morgan fingerprint density at radius 1 is 0.967 bits per heavy atom. The second-order valence-corrected chi connectivity index (χ2v) is 7.90. The van der Waals surface area contributed by atoms with Crippen LogP contribution < -0.4 is 9.64 Å². The minimum Gasteiger partial charge on any atom is -0.494 e. The molecule has 2 heterocycles. The van der Waals surface area contributed by atoms with Crippen LogP contribution in [0.25, 0.3) is 10.8 Å². The highest BCUT2D eigenvalue weighted by Gasteiger charge is 2.57. The lowest BCUT2D eigenvalue weighted by molar-refractivity contribution is -0.180. The summed E-state index contributed by atoms with van der Waals surface area (Å²) in [6.45, 7) is 5.97. The fraction of sp³-hybridized carbons (Fsp3) is 0.320. The van der Waals surface area contributed by atoms with Gasteiger partial charge in [0.1, 0.15) is 5.75 Å². The molecule has 1 fully saturated rings. The van der Waals surface area contributed by atoms with Gasteiger partial charge in [0.05, 0.1) is 25.5 Å². The maximum absolute atomic E-state index is 13.3. The second-order valence-electron chi connectivity index (χ2n) is 7.90. The summed E-state index contributed by atoms with van der Waals surface area (Å²) in [6, 6.07) is 18.4. The van der Waals surface area contributed by atoms with E-state index in [1.54, 1.807) is 0 Å². The summed E-state index contributed by atoms with van der Waals surface area (Å²) < 4.78 is 17.7. The number of rotatable bonds is 5. The Kier molecular flexibility index (Phi) is 4.72. The molecule has 1 amide bonds. The van der Waals surface area contributed by atoms with Crippen molar-refractivity contribution in [2.45, 2.75) is 26.1 Å². The van der Waals surface area contributed by atoms with Gasteiger partial charge in [-0.2, -0.15) is 0 Å². The van der Waals surface area contributed by atoms with Gasteiger partial charge in [-0.3, -0.25) is 4.79 Å². The zero-order chi connectivity index (χ0) is 20.7. The summed E-state index contributed by atoms with van der Waals surface area (Å²) in [6.07, 6.45) is 0.710. The van der Waals surface area contributed by atoms with Crippen molar-refractivity contribution in [3.05, 3.63) is 71.3 Å². The van der Waals surface area contributed by atoms with Crippen molar-refractivity contribution < 1.29 is 19.0 Å². The third-order valence-electron chi connectivity index (χ3n) is 5.92. The average molecular weight is 403 g/mol. The lowest BCUT2D eigenvalue weighted by Crippen LogP contribution is -2.42. The number of aryl methyl sites for hydroxylation is 2. The van der Waals surface area contributed by atoms with Crippen molar-refractivity contribution in [2.24, 2.45) is 0 Å². The molecule has 0 N–H and O–H groups in total. The number of nitrogens with zero attached hydrogens (tertiary/aromatic N) is 1. The van der Waals surface area contributed by atoms with Gasteiger partial charge in [0, 0.05) is 12.1 Å². The van der Waals surface area contributed by atoms with Crippen molar-refractivity contribution in [1.82, 2.24) is 0 Å². The Bertz CT molecular complexity index is 1120. The number of benzene rings is 3. The molecule has 5 nitrogen and oxygen atoms in total. The van der Waals surface area contributed by atoms with Crippen LogP contribution in [0.15, 0.2) is 54.6 Å². The number of anilines is 1. The van der Waals surface area contributed by atoms with Crippen molar-refractivity contribution in [2.75, 3.05) is 31.3 Å². The topological polar surface area (TPSA) is 48.0 Å². The van der Waals surface area contributed by atoms with Gasteiger partial charge < -0.3 is 19.1 Å². The zero-order valence-electron chi connectivity index (χ0n) is 17.3. The molecule has 30 heavy (non-hydrogen) atoms. The van der Waals surface area contributed by atoms with E-state index in [4.69, 9.17) is 14.2 Å². The van der Waals surface area contributed by atoms with E-state index >= 15 is 0 Å². The number of ether oxygens (including phenoxy) is 3. The zero-order valence-corrected chi connectivity index (χ0v) is 17.3. The van der Waals surface area contributed by atoms with E-state index in [1.165, 1.54) is 5.39 Å². The predicted octanol–water partition coefficient (Wildman–Crippen LogP) is 4.47. The first kappa shape index (κ1) is 19.1. The summed E-state index contributed by atoms with van der Waals surface area (Å²) in [4.78, 5) is 15.1. The van der Waals surface area contributed by atoms with Crippen LogP contribution in [-0.2, 0) is 20.1 Å². The maximum atomic E-state index is 13.3. The SMILES string of the molecule is Cc1ccc(C)c2c1N(CCCOc1ccc3ccccc3c1)C(=O)C21OCCO1. The number of fused-ring (bicyclic) bond motifs is 3. The Morgan fingerprint density at radius 3 is 2.50 bits per heavy atom. The molecule has 2 aliphatic rings. The predicted molar refractivity (Wildman–Crippen MR) is 116 cm³/mol. The van der Waals surface area contributed by atoms with Gasteiger partial charge in [0.2, 0.25) is 0 Å². The van der Waals surface area contributed by atoms with Crippen LogP contribution in [0.1, 0.15) is 23.1 Å². The van der Waals surface area contributed by atoms with Crippen LogP contribution in [0.2, 0.25) is 0 Å². The molecular formula is C25H25NO4. The Balaban J connectivity index is 1.31. The lowest BCUT2D eigenvalue weighted by Gasteiger charge is -2.22. The average Bonchev–Trinajstić information content (AvgIpc) is 3.34. The van der Waals surface area contributed by atoms with Crippen molar-refractivity contribution >= 4 is 22.4 Å². The lowest BCUT2D eigenvalue weighted by atomic mass is 9.98. The molecule has 2 aliphatic heterocycles. The van der Waals surface area contributed by atoms with E-state index in [0.29, 0.717) is 32.8 Å². The monoisotopic (exact) mass is 403 g/mol. The third-order valence-corrected chi connectivity index (χ3v) is 5.92. The first-order chi connectivity index (χ1) is 14.6. The minimum absolute atomic E-state index is 0.127. The summed E-state index contributed by atoms with van der Waals surface area (Å²) in [5.74, 6) is -0.559. The van der Waals surface area contributed by atoms with E-state index < -0.39 is 5.79 Å². The summed E-state index contributed by atoms with van der Waals surface area (Å²) in [7, 11) is 0. The maximum Gasteiger partial charge on any atom is 0.292 e. The molecule has 0 saturated carbocycles. The van der Waals surface area contributed by atoms with Gasteiger partial charge in [0.15, 0.2) is 0 Å². The van der Waals surface area contributed by atoms with Gasteiger partial charge in [-0.1, -0.05) is 42.5 Å². The fourth-order valence-electron chi connectivity index (χ4n) is 4.51. The van der Waals surface area contributed by atoms with Crippen LogP contribution in [0.3, 0.4) is 0 Å². The number of hydrogen-bond acceptors (Lipinski definition) is 4. The van der Waals surface area contributed by atoms with E-state index in [1.807, 2.05) is 55.1 Å². The standard InChI is InChI=1S/C25H25NO4/c1-17-8-9-18(2)23-22(17)25(29-14-15-30-25)24(27)26(23)12-5-13-28-21-11-10-19-6-3-4-7-20(19)16-21/h3-4,6-11,16H,5,12-15H2,1-2H3. The van der Waals surface area contributed by atoms with Crippen molar-refractivity contribution in [3.63, 3.8) is 0 Å². The summed E-state index contributed by atoms with van der Waals surface area (Å²) in [5.41, 5.74) is 3.85. The molecule has 1 spiro atoms. The molecule has 5 rings (SSSR count). The van der Waals surface area contributed by atoms with E-state index in [9.17, 15) is 4.79 Å². The van der Waals surface area contributed by atoms with Crippen LogP contribution in [0, 0.1) is 13.8 Å². The molecule has 0 bridgehead atoms. The van der Waals surface area contributed by atoms with Crippen molar-refractivity contribution in [1.29, 1.82) is 0 Å². The summed E-state index contributed by atoms with van der Waals surface area (Å²) >= 11 is 0. The van der Waals surface area contributed by atoms with E-state index in [0.717, 1.165) is 33.5 Å². The van der Waals surface area contributed by atoms with Crippen molar-refractivity contribution in [3.8, 4) is 5.75 Å². The summed E-state index contributed by atoms with van der Waals surface area (Å²) in [5, 5.41) is 2.35. The van der Waals surface area contributed by atoms with Gasteiger partial charge in [-0.05, 0) is 54.3 Å². The molecule has 154 valence electrons. The number of carbonyl (C=O) groups is 1. The fourth-order valence-corrected chi connectivity index (χ4v) is 4.51. The normalized spacial score (nSPS) is 17.1. The first-order valence-electron chi connectivity index (χ1n) is 10.4.